The number of carbonyl (C=O) groups excluding carboxylic acids is 1. The minimum absolute atomic E-state index is 0.125. The number of sulfonamides is 1. The van der Waals surface area contributed by atoms with Crippen LogP contribution in [0.15, 0.2) is 35.2 Å². The summed E-state index contributed by atoms with van der Waals surface area (Å²) in [5.74, 6) is -0.869. The zero-order chi connectivity index (χ0) is 14.8. The molecule has 7 heteroatoms. The molecule has 0 aromatic heterocycles. The molecule has 0 aliphatic heterocycles. The molecular weight excluding hydrogens is 283 g/mol. The number of hydrogen-bond donors (Lipinski definition) is 2. The summed E-state index contributed by atoms with van der Waals surface area (Å²) in [6.07, 6.45) is 6.00. The molecule has 1 aliphatic carbocycles. The van der Waals surface area contributed by atoms with Gasteiger partial charge in [-0.3, -0.25) is 4.79 Å². The zero-order valence-corrected chi connectivity index (χ0v) is 11.5. The second kappa shape index (κ2) is 5.72. The van der Waals surface area contributed by atoms with Crippen molar-refractivity contribution in [3.63, 3.8) is 0 Å². The third-order valence-electron chi connectivity index (χ3n) is 3.08. The van der Waals surface area contributed by atoms with Gasteiger partial charge in [-0.05, 0) is 37.0 Å². The molecule has 108 valence electrons. The van der Waals surface area contributed by atoms with Gasteiger partial charge in [-0.25, -0.2) is 17.9 Å². The summed E-state index contributed by atoms with van der Waals surface area (Å²) in [6, 6.07) is 2.97. The summed E-state index contributed by atoms with van der Waals surface area (Å²) in [4.78, 5) is 11.6. The highest BCUT2D eigenvalue weighted by atomic mass is 32.2. The molecular formula is C13H15FN2O3S. The molecule has 5 nitrogen and oxygen atoms in total. The van der Waals surface area contributed by atoms with Crippen molar-refractivity contribution in [2.75, 3.05) is 5.32 Å². The molecule has 0 saturated carbocycles. The molecule has 1 aromatic carbocycles. The molecule has 0 spiro atoms. The van der Waals surface area contributed by atoms with Gasteiger partial charge in [0.1, 0.15) is 10.7 Å². The van der Waals surface area contributed by atoms with Crippen LogP contribution < -0.4 is 10.5 Å². The molecule has 3 N–H and O–H groups in total. The van der Waals surface area contributed by atoms with Gasteiger partial charge in [-0.15, -0.1) is 0 Å². The second-order valence-corrected chi connectivity index (χ2v) is 6.23. The predicted molar refractivity (Wildman–Crippen MR) is 72.9 cm³/mol. The Labute approximate surface area is 116 Å². The van der Waals surface area contributed by atoms with Gasteiger partial charge in [0, 0.05) is 6.42 Å². The number of nitrogens with one attached hydrogen (secondary N) is 1. The molecule has 0 saturated heterocycles. The second-order valence-electron chi connectivity index (χ2n) is 4.70. The SMILES string of the molecule is NS(=O)(=O)c1ccc(F)cc1NC(=O)CC1C=CCC1. The van der Waals surface area contributed by atoms with Crippen molar-refractivity contribution < 1.29 is 17.6 Å². The van der Waals surface area contributed by atoms with E-state index in [1.54, 1.807) is 0 Å². The number of primary sulfonamides is 1. The fourth-order valence-electron chi connectivity index (χ4n) is 2.15. The van der Waals surface area contributed by atoms with Gasteiger partial charge < -0.3 is 5.32 Å². The van der Waals surface area contributed by atoms with Crippen molar-refractivity contribution >= 4 is 21.6 Å². The van der Waals surface area contributed by atoms with E-state index in [1.807, 2.05) is 12.2 Å². The Morgan fingerprint density at radius 3 is 2.80 bits per heavy atom. The smallest absolute Gasteiger partial charge is 0.240 e. The molecule has 1 aromatic rings. The van der Waals surface area contributed by atoms with E-state index in [0.29, 0.717) is 0 Å². The van der Waals surface area contributed by atoms with Gasteiger partial charge in [-0.1, -0.05) is 12.2 Å². The van der Waals surface area contributed by atoms with Gasteiger partial charge in [0.15, 0.2) is 0 Å². The van der Waals surface area contributed by atoms with Gasteiger partial charge in [0.05, 0.1) is 5.69 Å². The van der Waals surface area contributed by atoms with Crippen LogP contribution in [0.1, 0.15) is 19.3 Å². The molecule has 1 aliphatic rings. The highest BCUT2D eigenvalue weighted by Gasteiger charge is 2.19. The number of carbonyl (C=O) groups is 1. The van der Waals surface area contributed by atoms with E-state index < -0.39 is 15.8 Å². The first-order chi connectivity index (χ1) is 9.36. The number of amides is 1. The van der Waals surface area contributed by atoms with Crippen LogP contribution in [0.2, 0.25) is 0 Å². The molecule has 0 fully saturated rings. The minimum Gasteiger partial charge on any atom is -0.325 e. The Bertz CT molecular complexity index is 656. The van der Waals surface area contributed by atoms with Crippen molar-refractivity contribution in [2.24, 2.45) is 11.1 Å². The van der Waals surface area contributed by atoms with Crippen LogP contribution >= 0.6 is 0 Å². The summed E-state index contributed by atoms with van der Waals surface area (Å²) < 4.78 is 36.0. The lowest BCUT2D eigenvalue weighted by molar-refractivity contribution is -0.116. The lowest BCUT2D eigenvalue weighted by atomic mass is 10.1. The average molecular weight is 298 g/mol. The Morgan fingerprint density at radius 1 is 1.45 bits per heavy atom. The highest BCUT2D eigenvalue weighted by molar-refractivity contribution is 7.89. The lowest BCUT2D eigenvalue weighted by Crippen LogP contribution is -2.19. The van der Waals surface area contributed by atoms with E-state index in [-0.39, 0.29) is 28.8 Å². The van der Waals surface area contributed by atoms with Crippen LogP contribution in [-0.2, 0) is 14.8 Å². The van der Waals surface area contributed by atoms with E-state index >= 15 is 0 Å². The molecule has 2 rings (SSSR count). The topological polar surface area (TPSA) is 89.3 Å². The van der Waals surface area contributed by atoms with Crippen molar-refractivity contribution in [3.8, 4) is 0 Å². The van der Waals surface area contributed by atoms with Crippen molar-refractivity contribution in [2.45, 2.75) is 24.2 Å². The summed E-state index contributed by atoms with van der Waals surface area (Å²) in [6.45, 7) is 0. The fourth-order valence-corrected chi connectivity index (χ4v) is 2.83. The third kappa shape index (κ3) is 3.64. The summed E-state index contributed by atoms with van der Waals surface area (Å²) in [5.41, 5.74) is -0.125. The van der Waals surface area contributed by atoms with Gasteiger partial charge in [-0.2, -0.15) is 0 Å². The molecule has 0 radical (unpaired) electrons. The van der Waals surface area contributed by atoms with Gasteiger partial charge in [0.25, 0.3) is 0 Å². The molecule has 0 heterocycles. The maximum Gasteiger partial charge on any atom is 0.240 e. The summed E-state index contributed by atoms with van der Waals surface area (Å²) in [5, 5.41) is 7.45. The van der Waals surface area contributed by atoms with E-state index in [2.05, 4.69) is 5.32 Å². The molecule has 1 amide bonds. The summed E-state index contributed by atoms with van der Waals surface area (Å²) in [7, 11) is -4.02. The Kier molecular flexibility index (Phi) is 4.20. The van der Waals surface area contributed by atoms with Crippen LogP contribution in [0.5, 0.6) is 0 Å². The largest absolute Gasteiger partial charge is 0.325 e. The molecule has 0 bridgehead atoms. The maximum absolute atomic E-state index is 13.2. The first-order valence-corrected chi connectivity index (χ1v) is 7.70. The van der Waals surface area contributed by atoms with E-state index in [1.165, 1.54) is 0 Å². The van der Waals surface area contributed by atoms with Crippen molar-refractivity contribution in [1.82, 2.24) is 0 Å². The number of halogens is 1. The van der Waals surface area contributed by atoms with Crippen LogP contribution in [0.25, 0.3) is 0 Å². The van der Waals surface area contributed by atoms with E-state index in [4.69, 9.17) is 5.14 Å². The number of hydrogen-bond acceptors (Lipinski definition) is 3. The highest BCUT2D eigenvalue weighted by Crippen LogP contribution is 2.24. The van der Waals surface area contributed by atoms with Gasteiger partial charge in [0.2, 0.25) is 15.9 Å². The number of rotatable bonds is 4. The van der Waals surface area contributed by atoms with Crippen LogP contribution in [0.4, 0.5) is 10.1 Å². The molecule has 1 atom stereocenters. The lowest BCUT2D eigenvalue weighted by Gasteiger charge is -2.11. The minimum atomic E-state index is -4.02. The van der Waals surface area contributed by atoms with E-state index in [9.17, 15) is 17.6 Å². The zero-order valence-electron chi connectivity index (χ0n) is 10.7. The third-order valence-corrected chi connectivity index (χ3v) is 4.05. The first kappa shape index (κ1) is 14.7. The van der Waals surface area contributed by atoms with Crippen molar-refractivity contribution in [1.29, 1.82) is 0 Å². The number of allylic oxidation sites excluding steroid dienone is 2. The Morgan fingerprint density at radius 2 is 2.20 bits per heavy atom. The predicted octanol–water partition coefficient (Wildman–Crippen LogP) is 1.77. The average Bonchev–Trinajstić information content (AvgIpc) is 2.79. The number of anilines is 1. The van der Waals surface area contributed by atoms with Crippen molar-refractivity contribution in [3.05, 3.63) is 36.2 Å². The molecule has 1 unspecified atom stereocenters. The number of benzene rings is 1. The Hall–Kier alpha value is -1.73. The molecule has 20 heavy (non-hydrogen) atoms. The quantitative estimate of drug-likeness (QED) is 0.830. The first-order valence-electron chi connectivity index (χ1n) is 6.15. The van der Waals surface area contributed by atoms with Crippen LogP contribution in [0.3, 0.4) is 0 Å². The maximum atomic E-state index is 13.2. The summed E-state index contributed by atoms with van der Waals surface area (Å²) >= 11 is 0. The van der Waals surface area contributed by atoms with Crippen LogP contribution in [-0.4, -0.2) is 14.3 Å². The fraction of sp³-hybridized carbons (Fsp3) is 0.308. The Balaban J connectivity index is 2.17. The monoisotopic (exact) mass is 298 g/mol. The standard InChI is InChI=1S/C13H15FN2O3S/c14-10-5-6-12(20(15,18)19)11(8-10)16-13(17)7-9-3-1-2-4-9/h1,3,5-6,8-9H,2,4,7H2,(H,16,17)(H2,15,18,19). The normalized spacial score (nSPS) is 18.2. The van der Waals surface area contributed by atoms with Gasteiger partial charge >= 0.3 is 0 Å². The van der Waals surface area contributed by atoms with Crippen LogP contribution in [0, 0.1) is 11.7 Å². The van der Waals surface area contributed by atoms with E-state index in [0.717, 1.165) is 31.0 Å². The number of nitrogens with two attached hydrogens (primary N) is 1.